The van der Waals surface area contributed by atoms with Gasteiger partial charge in [-0.2, -0.15) is 27.2 Å². The van der Waals surface area contributed by atoms with Gasteiger partial charge in [-0.25, -0.2) is 0 Å². The summed E-state index contributed by atoms with van der Waals surface area (Å²) >= 11 is 2.03. The van der Waals surface area contributed by atoms with Gasteiger partial charge >= 0.3 is 0 Å². The van der Waals surface area contributed by atoms with Crippen LogP contribution in [0.2, 0.25) is 0 Å². The van der Waals surface area contributed by atoms with Gasteiger partial charge in [-0.3, -0.25) is 0 Å². The van der Waals surface area contributed by atoms with Crippen LogP contribution in [-0.4, -0.2) is 40.0 Å². The zero-order valence-electron chi connectivity index (χ0n) is 6.29. The van der Waals surface area contributed by atoms with Crippen molar-refractivity contribution < 1.29 is 0 Å². The molecule has 1 saturated heterocycles. The van der Waals surface area contributed by atoms with Crippen molar-refractivity contribution in [3.05, 3.63) is 12.4 Å². The van der Waals surface area contributed by atoms with E-state index < -0.39 is 0 Å². The number of nitrogens with one attached hydrogen (secondary N) is 2. The Bertz CT molecular complexity index is 121. The van der Waals surface area contributed by atoms with Crippen molar-refractivity contribution in [1.29, 1.82) is 0 Å². The maximum Gasteiger partial charge on any atom is 0.0690 e. The lowest BCUT2D eigenvalue weighted by molar-refractivity contribution is 0.756. The maximum absolute atomic E-state index is 3.49. The lowest BCUT2D eigenvalue weighted by Crippen LogP contribution is -2.24. The second kappa shape index (κ2) is 6.18. The molecule has 0 atom stereocenters. The molecule has 2 heterocycles. The van der Waals surface area contributed by atoms with E-state index in [4.69, 9.17) is 0 Å². The fourth-order valence-electron chi connectivity index (χ4n) is 0.682. The molecule has 1 aromatic rings. The van der Waals surface area contributed by atoms with Crippen LogP contribution in [0.3, 0.4) is 0 Å². The molecule has 1 fully saturated rings. The van der Waals surface area contributed by atoms with Gasteiger partial charge in [0.2, 0.25) is 0 Å². The first-order valence-electron chi connectivity index (χ1n) is 3.58. The number of thioether (sulfide) groups is 1. The molecule has 1 aromatic heterocycles. The molecule has 1 aliphatic rings. The largest absolute Gasteiger partial charge is 0.315 e. The minimum absolute atomic E-state index is 1.21. The normalized spacial score (nSPS) is 16.7. The van der Waals surface area contributed by atoms with Crippen LogP contribution in [0.15, 0.2) is 12.4 Å². The number of aromatic amines is 1. The van der Waals surface area contributed by atoms with Gasteiger partial charge in [0, 0.05) is 24.6 Å². The molecule has 0 amide bonds. The first-order chi connectivity index (χ1) is 5.50. The summed E-state index contributed by atoms with van der Waals surface area (Å²) in [5.74, 6) is 2.61. The van der Waals surface area contributed by atoms with E-state index in [2.05, 4.69) is 20.7 Å². The Balaban J connectivity index is 0.000000112. The summed E-state index contributed by atoms with van der Waals surface area (Å²) in [5, 5.41) is 12.6. The Morgan fingerprint density at radius 2 is 1.73 bits per heavy atom. The molecule has 0 unspecified atom stereocenters. The zero-order chi connectivity index (χ0) is 7.78. The van der Waals surface area contributed by atoms with Gasteiger partial charge in [0.1, 0.15) is 0 Å². The Morgan fingerprint density at radius 1 is 1.09 bits per heavy atom. The molecule has 0 bridgehead atoms. The minimum atomic E-state index is 1.21. The SMILES string of the molecule is C1CSCCN1.c1cn[nH]n1. The van der Waals surface area contributed by atoms with Gasteiger partial charge in [-0.15, -0.1) is 0 Å². The monoisotopic (exact) mass is 172 g/mol. The van der Waals surface area contributed by atoms with Crippen LogP contribution < -0.4 is 5.32 Å². The number of H-pyrrole nitrogens is 1. The third-order valence-corrected chi connectivity index (χ3v) is 2.16. The summed E-state index contributed by atoms with van der Waals surface area (Å²) in [6.45, 7) is 2.43. The summed E-state index contributed by atoms with van der Waals surface area (Å²) in [6.07, 6.45) is 3.17. The third kappa shape index (κ3) is 4.80. The third-order valence-electron chi connectivity index (χ3n) is 1.18. The van der Waals surface area contributed by atoms with Gasteiger partial charge in [0.25, 0.3) is 0 Å². The van der Waals surface area contributed by atoms with Crippen LogP contribution in [0.25, 0.3) is 0 Å². The van der Waals surface area contributed by atoms with E-state index in [1.807, 2.05) is 11.8 Å². The number of nitrogens with zero attached hydrogens (tertiary/aromatic N) is 2. The molecule has 0 spiro atoms. The number of rotatable bonds is 0. The summed E-state index contributed by atoms with van der Waals surface area (Å²) in [4.78, 5) is 0. The molecular weight excluding hydrogens is 160 g/mol. The van der Waals surface area contributed by atoms with E-state index in [0.717, 1.165) is 0 Å². The van der Waals surface area contributed by atoms with Crippen molar-refractivity contribution in [3.63, 3.8) is 0 Å². The van der Waals surface area contributed by atoms with Crippen LogP contribution in [0.5, 0.6) is 0 Å². The summed E-state index contributed by atoms with van der Waals surface area (Å²) < 4.78 is 0. The topological polar surface area (TPSA) is 53.6 Å². The Morgan fingerprint density at radius 3 is 1.91 bits per heavy atom. The van der Waals surface area contributed by atoms with Crippen molar-refractivity contribution in [3.8, 4) is 0 Å². The molecule has 0 aliphatic carbocycles. The fraction of sp³-hybridized carbons (Fsp3) is 0.667. The first-order valence-corrected chi connectivity index (χ1v) is 4.74. The molecule has 11 heavy (non-hydrogen) atoms. The zero-order valence-corrected chi connectivity index (χ0v) is 7.10. The second-order valence-electron chi connectivity index (χ2n) is 2.02. The quantitative estimate of drug-likeness (QED) is 0.584. The van der Waals surface area contributed by atoms with Gasteiger partial charge in [-0.1, -0.05) is 0 Å². The number of hydrogen-bond donors (Lipinski definition) is 2. The van der Waals surface area contributed by atoms with E-state index in [-0.39, 0.29) is 0 Å². The van der Waals surface area contributed by atoms with Crippen molar-refractivity contribution in [1.82, 2.24) is 20.7 Å². The summed E-state index contributed by atoms with van der Waals surface area (Å²) in [7, 11) is 0. The van der Waals surface area contributed by atoms with Gasteiger partial charge in [0.15, 0.2) is 0 Å². The predicted octanol–water partition coefficient (Wildman–Crippen LogP) is 0.127. The second-order valence-corrected chi connectivity index (χ2v) is 3.24. The van der Waals surface area contributed by atoms with Crippen molar-refractivity contribution in [2.24, 2.45) is 0 Å². The number of hydrogen-bond acceptors (Lipinski definition) is 4. The highest BCUT2D eigenvalue weighted by atomic mass is 32.2. The molecule has 62 valence electrons. The first kappa shape index (κ1) is 8.55. The Hall–Kier alpha value is -0.550. The van der Waals surface area contributed by atoms with Crippen LogP contribution in [0.1, 0.15) is 0 Å². The Labute approximate surface area is 70.1 Å². The Kier molecular flexibility index (Phi) is 4.80. The molecule has 5 heteroatoms. The molecule has 0 aromatic carbocycles. The predicted molar refractivity (Wildman–Crippen MR) is 46.6 cm³/mol. The molecule has 0 saturated carbocycles. The standard InChI is InChI=1S/C4H9NS.C2H3N3/c1-3-6-4-2-5-1;1-2-4-5-3-1/h5H,1-4H2;1-2H,(H,3,4,5). The van der Waals surface area contributed by atoms with Crippen LogP contribution in [0, 0.1) is 0 Å². The summed E-state index contributed by atoms with van der Waals surface area (Å²) in [5.41, 5.74) is 0. The van der Waals surface area contributed by atoms with Crippen LogP contribution in [0.4, 0.5) is 0 Å². The van der Waals surface area contributed by atoms with E-state index in [1.54, 1.807) is 12.4 Å². The fourth-order valence-corrected chi connectivity index (χ4v) is 1.46. The van der Waals surface area contributed by atoms with Crippen LogP contribution >= 0.6 is 11.8 Å². The van der Waals surface area contributed by atoms with Crippen LogP contribution in [-0.2, 0) is 0 Å². The molecule has 2 N–H and O–H groups in total. The number of aromatic nitrogens is 3. The lowest BCUT2D eigenvalue weighted by atomic mass is 10.6. The highest BCUT2D eigenvalue weighted by Gasteiger charge is 1.93. The molecule has 0 radical (unpaired) electrons. The molecule has 4 nitrogen and oxygen atoms in total. The molecule has 2 rings (SSSR count). The average Bonchev–Trinajstić information content (AvgIpc) is 2.64. The highest BCUT2D eigenvalue weighted by molar-refractivity contribution is 7.99. The van der Waals surface area contributed by atoms with Crippen molar-refractivity contribution >= 4 is 11.8 Å². The molecule has 1 aliphatic heterocycles. The van der Waals surface area contributed by atoms with Crippen molar-refractivity contribution in [2.75, 3.05) is 24.6 Å². The molecular formula is C6H12N4S. The minimum Gasteiger partial charge on any atom is -0.315 e. The van der Waals surface area contributed by atoms with E-state index >= 15 is 0 Å². The van der Waals surface area contributed by atoms with E-state index in [0.29, 0.717) is 0 Å². The van der Waals surface area contributed by atoms with E-state index in [1.165, 1.54) is 24.6 Å². The van der Waals surface area contributed by atoms with Gasteiger partial charge < -0.3 is 5.32 Å². The summed E-state index contributed by atoms with van der Waals surface area (Å²) in [6, 6.07) is 0. The average molecular weight is 172 g/mol. The smallest absolute Gasteiger partial charge is 0.0690 e. The van der Waals surface area contributed by atoms with E-state index in [9.17, 15) is 0 Å². The highest BCUT2D eigenvalue weighted by Crippen LogP contribution is 1.99. The maximum atomic E-state index is 3.49. The van der Waals surface area contributed by atoms with Crippen molar-refractivity contribution in [2.45, 2.75) is 0 Å². The van der Waals surface area contributed by atoms with Gasteiger partial charge in [0.05, 0.1) is 12.4 Å². The lowest BCUT2D eigenvalue weighted by Gasteiger charge is -2.08. The van der Waals surface area contributed by atoms with Gasteiger partial charge in [-0.05, 0) is 0 Å².